The van der Waals surface area contributed by atoms with E-state index in [9.17, 15) is 4.79 Å². The number of nitrogens with two attached hydrogens (primary N) is 1. The van der Waals surface area contributed by atoms with Gasteiger partial charge in [-0.25, -0.2) is 4.98 Å². The summed E-state index contributed by atoms with van der Waals surface area (Å²) in [5, 5.41) is 6.61. The second-order valence-electron chi connectivity index (χ2n) is 5.55. The van der Waals surface area contributed by atoms with Gasteiger partial charge in [-0.3, -0.25) is 4.79 Å². The summed E-state index contributed by atoms with van der Waals surface area (Å²) in [6, 6.07) is 0.108. The van der Waals surface area contributed by atoms with Crippen LogP contribution in [0.4, 0.5) is 10.9 Å². The first-order valence-corrected chi connectivity index (χ1v) is 7.54. The van der Waals surface area contributed by atoms with Crippen molar-refractivity contribution in [3.8, 4) is 0 Å². The maximum absolute atomic E-state index is 12.3. The molecule has 0 aliphatic carbocycles. The number of thiazole rings is 1. The van der Waals surface area contributed by atoms with Crippen molar-refractivity contribution in [3.05, 3.63) is 4.88 Å². The summed E-state index contributed by atoms with van der Waals surface area (Å²) in [7, 11) is 5.76. The number of carbonyl (C=O) groups excluding carboxylic acids is 1. The predicted octanol–water partition coefficient (Wildman–Crippen LogP) is 1.47. The van der Waals surface area contributed by atoms with Gasteiger partial charge in [-0.05, 0) is 26.4 Å². The van der Waals surface area contributed by atoms with Gasteiger partial charge in [-0.15, -0.1) is 0 Å². The lowest BCUT2D eigenvalue weighted by atomic mass is 10.0. The quantitative estimate of drug-likeness (QED) is 0.710. The molecule has 1 heterocycles. The molecule has 4 N–H and O–H groups in total. The minimum Gasteiger partial charge on any atom is -0.382 e. The van der Waals surface area contributed by atoms with Crippen LogP contribution >= 0.6 is 11.3 Å². The highest BCUT2D eigenvalue weighted by Gasteiger charge is 2.20. The molecule has 1 aromatic heterocycles. The van der Waals surface area contributed by atoms with Gasteiger partial charge in [0.15, 0.2) is 5.13 Å². The molecule has 1 aromatic rings. The van der Waals surface area contributed by atoms with E-state index in [0.29, 0.717) is 15.9 Å². The molecule has 0 aromatic carbocycles. The molecule has 0 saturated carbocycles. The number of anilines is 2. The highest BCUT2D eigenvalue weighted by atomic mass is 32.1. The summed E-state index contributed by atoms with van der Waals surface area (Å²) in [5.41, 5.74) is 5.78. The number of aromatic nitrogens is 1. The van der Waals surface area contributed by atoms with E-state index in [-0.39, 0.29) is 17.8 Å². The van der Waals surface area contributed by atoms with Crippen LogP contribution in [0.1, 0.15) is 29.9 Å². The molecule has 0 aliphatic rings. The van der Waals surface area contributed by atoms with Crippen LogP contribution in [0.15, 0.2) is 0 Å². The van der Waals surface area contributed by atoms with Crippen molar-refractivity contribution in [3.63, 3.8) is 0 Å². The second-order valence-corrected chi connectivity index (χ2v) is 6.54. The number of rotatable bonds is 7. The SMILES string of the molecule is CNc1nc(N)c(C(=O)NC(CC(C)C)CN(C)C)s1. The van der Waals surface area contributed by atoms with Crippen molar-refractivity contribution in [2.24, 2.45) is 5.92 Å². The predicted molar refractivity (Wildman–Crippen MR) is 85.3 cm³/mol. The molecule has 6 nitrogen and oxygen atoms in total. The van der Waals surface area contributed by atoms with Crippen LogP contribution in [0.3, 0.4) is 0 Å². The van der Waals surface area contributed by atoms with E-state index >= 15 is 0 Å². The van der Waals surface area contributed by atoms with E-state index in [4.69, 9.17) is 5.73 Å². The van der Waals surface area contributed by atoms with Crippen LogP contribution in [0.25, 0.3) is 0 Å². The first-order chi connectivity index (χ1) is 9.33. The number of carbonyl (C=O) groups is 1. The highest BCUT2D eigenvalue weighted by Crippen LogP contribution is 2.24. The van der Waals surface area contributed by atoms with E-state index in [1.165, 1.54) is 11.3 Å². The number of amides is 1. The van der Waals surface area contributed by atoms with Crippen LogP contribution in [0.2, 0.25) is 0 Å². The van der Waals surface area contributed by atoms with E-state index in [1.807, 2.05) is 14.1 Å². The number of nitrogen functional groups attached to an aromatic ring is 1. The Kier molecular flexibility index (Phi) is 6.22. The van der Waals surface area contributed by atoms with Crippen LogP contribution in [0, 0.1) is 5.92 Å². The van der Waals surface area contributed by atoms with Crippen molar-refractivity contribution in [2.75, 3.05) is 38.7 Å². The van der Waals surface area contributed by atoms with Gasteiger partial charge >= 0.3 is 0 Å². The largest absolute Gasteiger partial charge is 0.382 e. The number of nitrogens with zero attached hydrogens (tertiary/aromatic N) is 2. The Hall–Kier alpha value is -1.34. The molecule has 20 heavy (non-hydrogen) atoms. The summed E-state index contributed by atoms with van der Waals surface area (Å²) in [6.07, 6.45) is 0.932. The molecule has 114 valence electrons. The van der Waals surface area contributed by atoms with Crippen molar-refractivity contribution >= 4 is 28.2 Å². The molecule has 0 fully saturated rings. The van der Waals surface area contributed by atoms with Crippen LogP contribution in [-0.2, 0) is 0 Å². The minimum absolute atomic E-state index is 0.108. The van der Waals surface area contributed by atoms with Crippen molar-refractivity contribution < 1.29 is 4.79 Å². The fourth-order valence-electron chi connectivity index (χ4n) is 2.04. The van der Waals surface area contributed by atoms with Gasteiger partial charge in [0.1, 0.15) is 10.7 Å². The van der Waals surface area contributed by atoms with E-state index in [2.05, 4.69) is 34.4 Å². The molecular weight excluding hydrogens is 274 g/mol. The maximum Gasteiger partial charge on any atom is 0.265 e. The number of likely N-dealkylation sites (N-methyl/N-ethyl adjacent to an activating group) is 1. The zero-order chi connectivity index (χ0) is 15.3. The summed E-state index contributed by atoms with van der Waals surface area (Å²) >= 11 is 1.27. The van der Waals surface area contributed by atoms with Gasteiger partial charge in [-0.2, -0.15) is 0 Å². The summed E-state index contributed by atoms with van der Waals surface area (Å²) < 4.78 is 0. The van der Waals surface area contributed by atoms with Gasteiger partial charge in [-0.1, -0.05) is 25.2 Å². The molecule has 0 aliphatic heterocycles. The topological polar surface area (TPSA) is 83.3 Å². The van der Waals surface area contributed by atoms with Gasteiger partial charge < -0.3 is 21.3 Å². The van der Waals surface area contributed by atoms with Gasteiger partial charge in [0, 0.05) is 19.6 Å². The first-order valence-electron chi connectivity index (χ1n) is 6.73. The van der Waals surface area contributed by atoms with Gasteiger partial charge in [0.2, 0.25) is 0 Å². The Bertz CT molecular complexity index is 434. The Morgan fingerprint density at radius 3 is 2.55 bits per heavy atom. The fraction of sp³-hybridized carbons (Fsp3) is 0.692. The van der Waals surface area contributed by atoms with Crippen molar-refractivity contribution in [2.45, 2.75) is 26.3 Å². The zero-order valence-electron chi connectivity index (χ0n) is 12.9. The average Bonchev–Trinajstić information content (AvgIpc) is 2.68. The highest BCUT2D eigenvalue weighted by molar-refractivity contribution is 7.18. The summed E-state index contributed by atoms with van der Waals surface area (Å²) in [5.74, 6) is 0.658. The van der Waals surface area contributed by atoms with E-state index in [1.54, 1.807) is 7.05 Å². The molecule has 1 atom stereocenters. The third kappa shape index (κ3) is 4.97. The van der Waals surface area contributed by atoms with Crippen molar-refractivity contribution in [1.29, 1.82) is 0 Å². The van der Waals surface area contributed by atoms with Crippen molar-refractivity contribution in [1.82, 2.24) is 15.2 Å². The molecule has 0 bridgehead atoms. The average molecular weight is 299 g/mol. The summed E-state index contributed by atoms with van der Waals surface area (Å²) in [6.45, 7) is 5.10. The third-order valence-corrected chi connectivity index (χ3v) is 3.84. The Morgan fingerprint density at radius 2 is 2.10 bits per heavy atom. The van der Waals surface area contributed by atoms with Crippen LogP contribution in [-0.4, -0.2) is 49.5 Å². The van der Waals surface area contributed by atoms with Crippen LogP contribution < -0.4 is 16.4 Å². The summed E-state index contributed by atoms with van der Waals surface area (Å²) in [4.78, 5) is 18.9. The molecule has 1 unspecified atom stereocenters. The smallest absolute Gasteiger partial charge is 0.265 e. The molecule has 0 spiro atoms. The number of hydrogen-bond donors (Lipinski definition) is 3. The Morgan fingerprint density at radius 1 is 1.45 bits per heavy atom. The third-order valence-electron chi connectivity index (χ3n) is 2.75. The minimum atomic E-state index is -0.144. The standard InChI is InChI=1S/C13H25N5OS/c1-8(2)6-9(7-18(4)5)16-12(19)10-11(14)17-13(15-3)20-10/h8-9H,6-7,14H2,1-5H3,(H,15,17)(H,16,19). The fourth-order valence-corrected chi connectivity index (χ4v) is 2.78. The molecule has 0 radical (unpaired) electrons. The monoisotopic (exact) mass is 299 g/mol. The number of hydrogen-bond acceptors (Lipinski definition) is 6. The zero-order valence-corrected chi connectivity index (χ0v) is 13.7. The van der Waals surface area contributed by atoms with E-state index in [0.717, 1.165) is 13.0 Å². The van der Waals surface area contributed by atoms with E-state index < -0.39 is 0 Å². The lowest BCUT2D eigenvalue weighted by molar-refractivity contribution is 0.0929. The number of nitrogens with one attached hydrogen (secondary N) is 2. The molecular formula is C13H25N5OS. The molecule has 7 heteroatoms. The maximum atomic E-state index is 12.3. The molecule has 1 amide bonds. The Balaban J connectivity index is 2.75. The van der Waals surface area contributed by atoms with Crippen LogP contribution in [0.5, 0.6) is 0 Å². The molecule has 1 rings (SSSR count). The first kappa shape index (κ1) is 16.7. The molecule has 0 saturated heterocycles. The van der Waals surface area contributed by atoms with Gasteiger partial charge in [0.05, 0.1) is 0 Å². The Labute approximate surface area is 124 Å². The second kappa shape index (κ2) is 7.44. The lowest BCUT2D eigenvalue weighted by Crippen LogP contribution is -2.42. The lowest BCUT2D eigenvalue weighted by Gasteiger charge is -2.23. The van der Waals surface area contributed by atoms with Gasteiger partial charge in [0.25, 0.3) is 5.91 Å². The normalized spacial score (nSPS) is 12.8.